The summed E-state index contributed by atoms with van der Waals surface area (Å²) >= 11 is 0. The minimum absolute atomic E-state index is 0.0706. The predicted octanol–water partition coefficient (Wildman–Crippen LogP) is 3.21. The van der Waals surface area contributed by atoms with Crippen molar-refractivity contribution < 1.29 is 4.79 Å². The Morgan fingerprint density at radius 2 is 1.93 bits per heavy atom. The summed E-state index contributed by atoms with van der Waals surface area (Å²) in [6.45, 7) is 1.97. The highest BCUT2D eigenvalue weighted by atomic mass is 16.1. The number of anilines is 3. The molecule has 1 N–H and O–H groups in total. The minimum atomic E-state index is -0.0706. The average Bonchev–Trinajstić information content (AvgIpc) is 3.04. The number of benzene rings is 1. The van der Waals surface area contributed by atoms with Gasteiger partial charge in [0, 0.05) is 51.3 Å². The van der Waals surface area contributed by atoms with Gasteiger partial charge >= 0.3 is 0 Å². The quantitative estimate of drug-likeness (QED) is 0.722. The highest BCUT2D eigenvalue weighted by molar-refractivity contribution is 5.97. The summed E-state index contributed by atoms with van der Waals surface area (Å²) in [5.41, 5.74) is 2.78. The molecule has 0 atom stereocenters. The van der Waals surface area contributed by atoms with E-state index in [0.717, 1.165) is 41.3 Å². The van der Waals surface area contributed by atoms with Gasteiger partial charge in [-0.15, -0.1) is 0 Å². The Morgan fingerprint density at radius 1 is 1.17 bits per heavy atom. The number of aromatic nitrogens is 3. The Labute approximate surface area is 171 Å². The summed E-state index contributed by atoms with van der Waals surface area (Å²) in [6, 6.07) is 8.13. The van der Waals surface area contributed by atoms with Crippen LogP contribution >= 0.6 is 0 Å². The van der Waals surface area contributed by atoms with Crippen LogP contribution in [0.15, 0.2) is 36.7 Å². The van der Waals surface area contributed by atoms with E-state index in [4.69, 9.17) is 4.98 Å². The molecular formula is C22H28N6O. The van der Waals surface area contributed by atoms with Crippen LogP contribution in [-0.2, 0) is 18.3 Å². The lowest BCUT2D eigenvalue weighted by Gasteiger charge is -2.28. The third kappa shape index (κ3) is 4.04. The fourth-order valence-electron chi connectivity index (χ4n) is 3.97. The second-order valence-corrected chi connectivity index (χ2v) is 7.86. The van der Waals surface area contributed by atoms with Gasteiger partial charge in [-0.3, -0.25) is 4.79 Å². The topological polar surface area (TPSA) is 66.3 Å². The third-order valence-corrected chi connectivity index (χ3v) is 5.42. The number of nitrogens with zero attached hydrogens (tertiary/aromatic N) is 5. The molecule has 1 amide bonds. The molecule has 2 aromatic heterocycles. The summed E-state index contributed by atoms with van der Waals surface area (Å²) in [7, 11) is 5.87. The SMILES string of the molecule is CN(C)c1nc(N2CCCCC2)ncc1NC(=O)Cc1cn(C)c2ccccc12. The molecule has 1 aliphatic rings. The van der Waals surface area contributed by atoms with Gasteiger partial charge in [-0.1, -0.05) is 18.2 Å². The summed E-state index contributed by atoms with van der Waals surface area (Å²) in [5.74, 6) is 1.39. The van der Waals surface area contributed by atoms with Crippen LogP contribution < -0.4 is 15.1 Å². The van der Waals surface area contributed by atoms with E-state index in [9.17, 15) is 4.79 Å². The maximum absolute atomic E-state index is 12.8. The molecular weight excluding hydrogens is 364 g/mol. The van der Waals surface area contributed by atoms with Gasteiger partial charge in [-0.05, 0) is 30.9 Å². The van der Waals surface area contributed by atoms with Crippen molar-refractivity contribution in [1.29, 1.82) is 0 Å². The second kappa shape index (κ2) is 8.11. The molecule has 1 aromatic carbocycles. The molecule has 1 aliphatic heterocycles. The van der Waals surface area contributed by atoms with Crippen LogP contribution in [0.25, 0.3) is 10.9 Å². The lowest BCUT2D eigenvalue weighted by atomic mass is 10.1. The maximum Gasteiger partial charge on any atom is 0.229 e. The van der Waals surface area contributed by atoms with Crippen LogP contribution in [0, 0.1) is 0 Å². The summed E-state index contributed by atoms with van der Waals surface area (Å²) < 4.78 is 2.06. The molecule has 7 heteroatoms. The molecule has 0 saturated carbocycles. The zero-order valence-corrected chi connectivity index (χ0v) is 17.4. The number of rotatable bonds is 5. The van der Waals surface area contributed by atoms with Gasteiger partial charge in [0.2, 0.25) is 11.9 Å². The van der Waals surface area contributed by atoms with Gasteiger partial charge in [-0.25, -0.2) is 4.98 Å². The third-order valence-electron chi connectivity index (χ3n) is 5.42. The summed E-state index contributed by atoms with van der Waals surface area (Å²) in [6.07, 6.45) is 7.66. The fourth-order valence-corrected chi connectivity index (χ4v) is 3.97. The van der Waals surface area contributed by atoms with E-state index in [1.807, 2.05) is 44.4 Å². The molecule has 3 aromatic rings. The van der Waals surface area contributed by atoms with E-state index < -0.39 is 0 Å². The van der Waals surface area contributed by atoms with Gasteiger partial charge in [0.25, 0.3) is 0 Å². The lowest BCUT2D eigenvalue weighted by molar-refractivity contribution is -0.115. The number of hydrogen-bond donors (Lipinski definition) is 1. The van der Waals surface area contributed by atoms with E-state index >= 15 is 0 Å². The van der Waals surface area contributed by atoms with E-state index in [1.165, 1.54) is 19.3 Å². The molecule has 0 bridgehead atoms. The van der Waals surface area contributed by atoms with E-state index in [-0.39, 0.29) is 5.91 Å². The van der Waals surface area contributed by atoms with Crippen LogP contribution in [0.3, 0.4) is 0 Å². The van der Waals surface area contributed by atoms with E-state index in [1.54, 1.807) is 6.20 Å². The smallest absolute Gasteiger partial charge is 0.229 e. The Morgan fingerprint density at radius 3 is 2.69 bits per heavy atom. The first-order valence-corrected chi connectivity index (χ1v) is 10.1. The van der Waals surface area contributed by atoms with Crippen molar-refractivity contribution in [1.82, 2.24) is 14.5 Å². The van der Waals surface area contributed by atoms with Crippen molar-refractivity contribution >= 4 is 34.3 Å². The molecule has 4 rings (SSSR count). The molecule has 152 valence electrons. The lowest BCUT2D eigenvalue weighted by Crippen LogP contribution is -2.31. The normalized spacial score (nSPS) is 14.2. The molecule has 7 nitrogen and oxygen atoms in total. The number of piperidine rings is 1. The van der Waals surface area contributed by atoms with Gasteiger partial charge < -0.3 is 19.7 Å². The average molecular weight is 393 g/mol. The molecule has 1 saturated heterocycles. The highest BCUT2D eigenvalue weighted by Crippen LogP contribution is 2.26. The number of nitrogens with one attached hydrogen (secondary N) is 1. The largest absolute Gasteiger partial charge is 0.361 e. The first kappa shape index (κ1) is 19.2. The fraction of sp³-hybridized carbons (Fsp3) is 0.409. The number of amides is 1. The molecule has 1 fully saturated rings. The monoisotopic (exact) mass is 392 g/mol. The molecule has 0 unspecified atom stereocenters. The van der Waals surface area contributed by atoms with Crippen molar-refractivity contribution in [2.45, 2.75) is 25.7 Å². The number of aryl methyl sites for hydroxylation is 1. The van der Waals surface area contributed by atoms with Gasteiger partial charge in [0.1, 0.15) is 5.69 Å². The van der Waals surface area contributed by atoms with Crippen molar-refractivity contribution in [3.63, 3.8) is 0 Å². The maximum atomic E-state index is 12.8. The van der Waals surface area contributed by atoms with Crippen LogP contribution in [0.2, 0.25) is 0 Å². The Hall–Kier alpha value is -3.09. The van der Waals surface area contributed by atoms with Crippen LogP contribution in [0.5, 0.6) is 0 Å². The summed E-state index contributed by atoms with van der Waals surface area (Å²) in [4.78, 5) is 26.2. The van der Waals surface area contributed by atoms with Crippen molar-refractivity contribution in [2.24, 2.45) is 7.05 Å². The summed E-state index contributed by atoms with van der Waals surface area (Å²) in [5, 5.41) is 4.12. The number of para-hydroxylation sites is 1. The van der Waals surface area contributed by atoms with E-state index in [0.29, 0.717) is 12.1 Å². The molecule has 29 heavy (non-hydrogen) atoms. The van der Waals surface area contributed by atoms with Crippen LogP contribution in [0.1, 0.15) is 24.8 Å². The zero-order valence-electron chi connectivity index (χ0n) is 17.4. The standard InChI is InChI=1S/C22H28N6O/c1-26(2)21-18(14-23-22(25-21)28-11-7-4-8-12-28)24-20(29)13-16-15-27(3)19-10-6-5-9-17(16)19/h5-6,9-10,14-15H,4,7-8,11-13H2,1-3H3,(H,24,29). The molecule has 0 spiro atoms. The predicted molar refractivity (Wildman–Crippen MR) is 118 cm³/mol. The highest BCUT2D eigenvalue weighted by Gasteiger charge is 2.18. The minimum Gasteiger partial charge on any atom is -0.361 e. The van der Waals surface area contributed by atoms with Crippen molar-refractivity contribution in [3.05, 3.63) is 42.2 Å². The first-order chi connectivity index (χ1) is 14.0. The van der Waals surface area contributed by atoms with Crippen molar-refractivity contribution in [3.8, 4) is 0 Å². The number of hydrogen-bond acceptors (Lipinski definition) is 5. The first-order valence-electron chi connectivity index (χ1n) is 10.1. The van der Waals surface area contributed by atoms with Gasteiger partial charge in [0.15, 0.2) is 5.82 Å². The number of carbonyl (C=O) groups excluding carboxylic acids is 1. The van der Waals surface area contributed by atoms with Gasteiger partial charge in [0.05, 0.1) is 12.6 Å². The van der Waals surface area contributed by atoms with E-state index in [2.05, 4.69) is 31.9 Å². The van der Waals surface area contributed by atoms with Gasteiger partial charge in [-0.2, -0.15) is 4.98 Å². The number of carbonyl (C=O) groups is 1. The molecule has 0 radical (unpaired) electrons. The zero-order chi connectivity index (χ0) is 20.4. The van der Waals surface area contributed by atoms with Crippen LogP contribution in [0.4, 0.5) is 17.5 Å². The molecule has 3 heterocycles. The van der Waals surface area contributed by atoms with Crippen LogP contribution in [-0.4, -0.2) is 47.6 Å². The Balaban J connectivity index is 1.54. The number of fused-ring (bicyclic) bond motifs is 1. The second-order valence-electron chi connectivity index (χ2n) is 7.86. The molecule has 0 aliphatic carbocycles. The Bertz CT molecular complexity index is 1020. The van der Waals surface area contributed by atoms with Crippen molar-refractivity contribution in [2.75, 3.05) is 42.3 Å². The Kier molecular flexibility index (Phi) is 5.38.